The first-order chi connectivity index (χ1) is 7.87. The Morgan fingerprint density at radius 2 is 2.12 bits per heavy atom. The van der Waals surface area contributed by atoms with Crippen molar-refractivity contribution in [3.8, 4) is 0 Å². The summed E-state index contributed by atoms with van der Waals surface area (Å²) >= 11 is 0. The van der Waals surface area contributed by atoms with Crippen molar-refractivity contribution in [2.75, 3.05) is 13.1 Å². The Morgan fingerprint density at radius 3 is 2.65 bits per heavy atom. The maximum absolute atomic E-state index is 11.4. The molecule has 1 aromatic heterocycles. The summed E-state index contributed by atoms with van der Waals surface area (Å²) in [4.78, 5) is 15.6. The molecule has 1 aromatic rings. The minimum Gasteiger partial charge on any atom is -0.449 e. The van der Waals surface area contributed by atoms with Gasteiger partial charge >= 0.3 is 6.03 Å². The summed E-state index contributed by atoms with van der Waals surface area (Å²) in [6.45, 7) is 9.24. The Balaban J connectivity index is 2.16. The van der Waals surface area contributed by atoms with Gasteiger partial charge in [-0.1, -0.05) is 20.8 Å². The number of aryl methyl sites for hydroxylation is 1. The van der Waals surface area contributed by atoms with Crippen LogP contribution in [0.1, 0.15) is 32.4 Å². The van der Waals surface area contributed by atoms with Crippen LogP contribution in [0.25, 0.3) is 0 Å². The number of carbonyl (C=O) groups excluding carboxylic acids is 1. The fourth-order valence-electron chi connectivity index (χ4n) is 1.24. The summed E-state index contributed by atoms with van der Waals surface area (Å²) < 4.78 is 5.07. The molecule has 0 aliphatic carbocycles. The van der Waals surface area contributed by atoms with Gasteiger partial charge in [0, 0.05) is 26.4 Å². The molecule has 17 heavy (non-hydrogen) atoms. The number of oxazole rings is 1. The highest BCUT2D eigenvalue weighted by Gasteiger charge is 2.11. The fraction of sp³-hybridized carbons (Fsp3) is 0.667. The van der Waals surface area contributed by atoms with Crippen LogP contribution in [0.15, 0.2) is 10.7 Å². The second-order valence-corrected chi connectivity index (χ2v) is 5.28. The van der Waals surface area contributed by atoms with E-state index in [1.807, 2.05) is 0 Å². The summed E-state index contributed by atoms with van der Waals surface area (Å²) in [5.41, 5.74) is 0.958. The molecule has 2 amide bonds. The third kappa shape index (κ3) is 5.94. The van der Waals surface area contributed by atoms with Gasteiger partial charge in [-0.05, 0) is 5.41 Å². The predicted octanol–water partition coefficient (Wildman–Crippen LogP) is 1.87. The van der Waals surface area contributed by atoms with Gasteiger partial charge in [-0.25, -0.2) is 9.78 Å². The third-order valence-electron chi connectivity index (χ3n) is 2.11. The zero-order valence-corrected chi connectivity index (χ0v) is 11.0. The average molecular weight is 239 g/mol. The predicted molar refractivity (Wildman–Crippen MR) is 65.8 cm³/mol. The van der Waals surface area contributed by atoms with Crippen LogP contribution in [0.4, 0.5) is 4.79 Å². The molecule has 2 N–H and O–H groups in total. The molecule has 0 bridgehead atoms. The van der Waals surface area contributed by atoms with Gasteiger partial charge in [-0.15, -0.1) is 0 Å². The second kappa shape index (κ2) is 5.70. The van der Waals surface area contributed by atoms with Gasteiger partial charge in [-0.2, -0.15) is 0 Å². The maximum atomic E-state index is 11.4. The van der Waals surface area contributed by atoms with Crippen LogP contribution in [0.5, 0.6) is 0 Å². The Hall–Kier alpha value is -1.52. The molecule has 0 atom stereocenters. The molecule has 0 saturated carbocycles. The lowest BCUT2D eigenvalue weighted by Crippen LogP contribution is -2.40. The van der Waals surface area contributed by atoms with Gasteiger partial charge in [0.25, 0.3) is 0 Å². The molecule has 0 fully saturated rings. The second-order valence-electron chi connectivity index (χ2n) is 5.28. The molecule has 1 rings (SSSR count). The van der Waals surface area contributed by atoms with Crippen LogP contribution in [-0.4, -0.2) is 24.1 Å². The highest BCUT2D eigenvalue weighted by Crippen LogP contribution is 2.09. The van der Waals surface area contributed by atoms with Crippen LogP contribution >= 0.6 is 0 Å². The van der Waals surface area contributed by atoms with Crippen LogP contribution in [0, 0.1) is 12.3 Å². The molecule has 5 nitrogen and oxygen atoms in total. The molecule has 0 radical (unpaired) electrons. The molecule has 0 aliphatic rings. The van der Waals surface area contributed by atoms with Gasteiger partial charge in [0.15, 0.2) is 5.89 Å². The number of hydrogen-bond donors (Lipinski definition) is 2. The van der Waals surface area contributed by atoms with Crippen molar-refractivity contribution in [2.45, 2.75) is 34.1 Å². The molecule has 0 saturated heterocycles. The Kier molecular flexibility index (Phi) is 4.54. The molecule has 1 heterocycles. The highest BCUT2D eigenvalue weighted by atomic mass is 16.3. The van der Waals surface area contributed by atoms with Crippen molar-refractivity contribution in [3.05, 3.63) is 17.8 Å². The van der Waals surface area contributed by atoms with E-state index in [4.69, 9.17) is 4.42 Å². The van der Waals surface area contributed by atoms with E-state index in [9.17, 15) is 4.79 Å². The normalized spacial score (nSPS) is 11.3. The summed E-state index contributed by atoms with van der Waals surface area (Å²) in [7, 11) is 0. The number of nitrogens with one attached hydrogen (secondary N) is 2. The number of rotatable bonds is 4. The molecule has 0 aromatic carbocycles. The zero-order valence-electron chi connectivity index (χ0n) is 11.0. The molecular weight excluding hydrogens is 218 g/mol. The summed E-state index contributed by atoms with van der Waals surface area (Å²) in [6, 6.07) is -0.139. The molecule has 0 unspecified atom stereocenters. The molecular formula is C12H21N3O2. The Bertz CT molecular complexity index is 366. The first kappa shape index (κ1) is 13.5. The van der Waals surface area contributed by atoms with Crippen molar-refractivity contribution in [3.63, 3.8) is 0 Å². The average Bonchev–Trinajstić information content (AvgIpc) is 2.60. The van der Waals surface area contributed by atoms with E-state index in [0.717, 1.165) is 5.69 Å². The number of amides is 2. The van der Waals surface area contributed by atoms with Crippen LogP contribution in [0.2, 0.25) is 0 Å². The number of aromatic nitrogens is 1. The van der Waals surface area contributed by atoms with Crippen molar-refractivity contribution in [2.24, 2.45) is 5.41 Å². The number of nitrogens with zero attached hydrogens (tertiary/aromatic N) is 1. The third-order valence-corrected chi connectivity index (χ3v) is 2.11. The summed E-state index contributed by atoms with van der Waals surface area (Å²) in [5, 5.41) is 5.60. The SMILES string of the molecule is Cc1nc(CCNC(=O)NCC(C)(C)C)co1. The van der Waals surface area contributed by atoms with Crippen LogP contribution < -0.4 is 10.6 Å². The lowest BCUT2D eigenvalue weighted by atomic mass is 9.97. The van der Waals surface area contributed by atoms with Crippen molar-refractivity contribution >= 4 is 6.03 Å². The van der Waals surface area contributed by atoms with Crippen molar-refractivity contribution in [1.29, 1.82) is 0 Å². The summed E-state index contributed by atoms with van der Waals surface area (Å²) in [5.74, 6) is 0.650. The minimum atomic E-state index is -0.139. The lowest BCUT2D eigenvalue weighted by molar-refractivity contribution is 0.235. The van der Waals surface area contributed by atoms with Crippen LogP contribution in [-0.2, 0) is 6.42 Å². The number of hydrogen-bond acceptors (Lipinski definition) is 3. The largest absolute Gasteiger partial charge is 0.449 e. The van der Waals surface area contributed by atoms with Gasteiger partial charge in [0.2, 0.25) is 0 Å². The van der Waals surface area contributed by atoms with Crippen molar-refractivity contribution in [1.82, 2.24) is 15.6 Å². The van der Waals surface area contributed by atoms with E-state index in [0.29, 0.717) is 25.4 Å². The van der Waals surface area contributed by atoms with Crippen LogP contribution in [0.3, 0.4) is 0 Å². The fourth-order valence-corrected chi connectivity index (χ4v) is 1.24. The number of urea groups is 1. The molecule has 0 spiro atoms. The Morgan fingerprint density at radius 1 is 1.41 bits per heavy atom. The van der Waals surface area contributed by atoms with E-state index in [-0.39, 0.29) is 11.4 Å². The number of carbonyl (C=O) groups is 1. The monoisotopic (exact) mass is 239 g/mol. The van der Waals surface area contributed by atoms with Gasteiger partial charge in [0.05, 0.1) is 5.69 Å². The van der Waals surface area contributed by atoms with E-state index in [1.54, 1.807) is 13.2 Å². The van der Waals surface area contributed by atoms with E-state index < -0.39 is 0 Å². The molecule has 0 aliphatic heterocycles. The van der Waals surface area contributed by atoms with E-state index in [1.165, 1.54) is 0 Å². The summed E-state index contributed by atoms with van der Waals surface area (Å²) in [6.07, 6.45) is 2.30. The van der Waals surface area contributed by atoms with Gasteiger partial charge in [-0.3, -0.25) is 0 Å². The topological polar surface area (TPSA) is 67.2 Å². The lowest BCUT2D eigenvalue weighted by Gasteiger charge is -2.18. The maximum Gasteiger partial charge on any atom is 0.314 e. The highest BCUT2D eigenvalue weighted by molar-refractivity contribution is 5.73. The smallest absolute Gasteiger partial charge is 0.314 e. The van der Waals surface area contributed by atoms with Gasteiger partial charge < -0.3 is 15.1 Å². The van der Waals surface area contributed by atoms with Crippen molar-refractivity contribution < 1.29 is 9.21 Å². The zero-order chi connectivity index (χ0) is 12.9. The Labute approximate surface area is 102 Å². The first-order valence-corrected chi connectivity index (χ1v) is 5.79. The van der Waals surface area contributed by atoms with E-state index in [2.05, 4.69) is 36.4 Å². The standard InChI is InChI=1S/C12H21N3O2/c1-9-15-10(7-17-9)5-6-13-11(16)14-8-12(2,3)4/h7H,5-6,8H2,1-4H3,(H2,13,14,16). The first-order valence-electron chi connectivity index (χ1n) is 5.79. The molecule has 96 valence electrons. The quantitative estimate of drug-likeness (QED) is 0.843. The van der Waals surface area contributed by atoms with Gasteiger partial charge in [0.1, 0.15) is 6.26 Å². The van der Waals surface area contributed by atoms with E-state index >= 15 is 0 Å². The molecule has 5 heteroatoms. The minimum absolute atomic E-state index is 0.0978.